The summed E-state index contributed by atoms with van der Waals surface area (Å²) in [6, 6.07) is 21.0. The molecule has 0 saturated heterocycles. The number of nitrogens with one attached hydrogen (secondary N) is 3. The number of nitrogens with zero attached hydrogens (tertiary/aromatic N) is 1. The van der Waals surface area contributed by atoms with Crippen LogP contribution >= 0.6 is 11.6 Å². The highest BCUT2D eigenvalue weighted by Gasteiger charge is 2.49. The molecule has 0 fully saturated rings. The highest BCUT2D eigenvalue weighted by Crippen LogP contribution is 2.46. The fraction of sp³-hybridized carbons (Fsp3) is 0.281. The number of hydrogen-bond acceptors (Lipinski definition) is 3. The lowest BCUT2D eigenvalue weighted by molar-refractivity contribution is -0.133. The molecule has 0 saturated carbocycles. The van der Waals surface area contributed by atoms with Gasteiger partial charge in [0.15, 0.2) is 0 Å². The van der Waals surface area contributed by atoms with Crippen LogP contribution in [0.3, 0.4) is 0 Å². The Labute approximate surface area is 237 Å². The quantitative estimate of drug-likeness (QED) is 0.295. The lowest BCUT2D eigenvalue weighted by atomic mass is 9.89. The molecule has 3 N–H and O–H groups in total. The van der Waals surface area contributed by atoms with Crippen molar-refractivity contribution in [3.8, 4) is 0 Å². The molecule has 4 aromatic rings. The molecule has 0 bridgehead atoms. The van der Waals surface area contributed by atoms with Crippen LogP contribution in [0.2, 0.25) is 5.02 Å². The van der Waals surface area contributed by atoms with Crippen molar-refractivity contribution < 1.29 is 14.4 Å². The monoisotopic (exact) mass is 554 g/mol. The van der Waals surface area contributed by atoms with Crippen LogP contribution in [0.5, 0.6) is 0 Å². The summed E-state index contributed by atoms with van der Waals surface area (Å²) in [5.74, 6) is -0.905. The van der Waals surface area contributed by atoms with E-state index in [-0.39, 0.29) is 30.2 Å². The first-order chi connectivity index (χ1) is 19.4. The fourth-order valence-electron chi connectivity index (χ4n) is 6.02. The number of carbonyl (C=O) groups is 3. The van der Waals surface area contributed by atoms with E-state index in [9.17, 15) is 14.4 Å². The number of fused-ring (bicyclic) bond motifs is 7. The first-order valence-corrected chi connectivity index (χ1v) is 14.1. The topological polar surface area (TPSA) is 94.3 Å². The molecule has 2 aliphatic heterocycles. The Balaban J connectivity index is 1.32. The van der Waals surface area contributed by atoms with Crippen LogP contribution in [0, 0.1) is 5.92 Å². The predicted molar refractivity (Wildman–Crippen MR) is 155 cm³/mol. The largest absolute Gasteiger partial charge is 0.356 e. The highest BCUT2D eigenvalue weighted by molar-refractivity contribution is 6.31. The summed E-state index contributed by atoms with van der Waals surface area (Å²) in [5, 5.41) is 7.59. The van der Waals surface area contributed by atoms with Gasteiger partial charge in [0.05, 0.1) is 6.04 Å². The third-order valence-corrected chi connectivity index (χ3v) is 8.73. The van der Waals surface area contributed by atoms with Crippen molar-refractivity contribution in [2.24, 2.45) is 5.92 Å². The predicted octanol–water partition coefficient (Wildman–Crippen LogP) is 5.14. The Hall–Kier alpha value is -4.10. The lowest BCUT2D eigenvalue weighted by Gasteiger charge is -2.38. The second-order valence-corrected chi connectivity index (χ2v) is 11.1. The van der Waals surface area contributed by atoms with Crippen molar-refractivity contribution in [2.45, 2.75) is 51.4 Å². The average molecular weight is 555 g/mol. The summed E-state index contributed by atoms with van der Waals surface area (Å²) in [6.07, 6.45) is 1.05. The molecule has 1 aromatic heterocycles. The molecular formula is C32H31ClN4O3. The number of halogens is 1. The fourth-order valence-corrected chi connectivity index (χ4v) is 6.23. The van der Waals surface area contributed by atoms with E-state index in [2.05, 4.69) is 15.6 Å². The Bertz CT molecular complexity index is 1630. The van der Waals surface area contributed by atoms with Crippen LogP contribution < -0.4 is 10.6 Å². The van der Waals surface area contributed by atoms with E-state index in [1.807, 2.05) is 80.6 Å². The van der Waals surface area contributed by atoms with E-state index in [1.54, 1.807) is 11.0 Å². The summed E-state index contributed by atoms with van der Waals surface area (Å²) in [6.45, 7) is 4.18. The number of H-pyrrole nitrogens is 1. The molecular weight excluding hydrogens is 524 g/mol. The first-order valence-electron chi connectivity index (χ1n) is 13.7. The van der Waals surface area contributed by atoms with Crippen molar-refractivity contribution in [1.29, 1.82) is 0 Å². The van der Waals surface area contributed by atoms with Crippen LogP contribution in [0.1, 0.15) is 59.1 Å². The smallest absolute Gasteiger partial charge is 0.255 e. The van der Waals surface area contributed by atoms with E-state index in [1.165, 1.54) is 0 Å². The second-order valence-electron chi connectivity index (χ2n) is 10.7. The van der Waals surface area contributed by atoms with E-state index in [0.717, 1.165) is 33.3 Å². The zero-order chi connectivity index (χ0) is 28.0. The summed E-state index contributed by atoms with van der Waals surface area (Å²) in [7, 11) is 0. The number of benzene rings is 3. The van der Waals surface area contributed by atoms with Gasteiger partial charge in [-0.1, -0.05) is 86.5 Å². The summed E-state index contributed by atoms with van der Waals surface area (Å²) >= 11 is 6.28. The molecule has 0 radical (unpaired) electrons. The number of para-hydroxylation sites is 1. The molecule has 0 aliphatic carbocycles. The van der Waals surface area contributed by atoms with Crippen LogP contribution in [-0.4, -0.2) is 39.7 Å². The van der Waals surface area contributed by atoms with Crippen molar-refractivity contribution in [3.63, 3.8) is 0 Å². The van der Waals surface area contributed by atoms with Crippen molar-refractivity contribution in [3.05, 3.63) is 106 Å². The van der Waals surface area contributed by atoms with Gasteiger partial charge in [0.2, 0.25) is 11.8 Å². The molecule has 3 heterocycles. The molecule has 0 spiro atoms. The van der Waals surface area contributed by atoms with Gasteiger partial charge < -0.3 is 20.5 Å². The molecule has 2 aliphatic rings. The molecule has 7 nitrogen and oxygen atoms in total. The van der Waals surface area contributed by atoms with Gasteiger partial charge in [-0.05, 0) is 40.8 Å². The molecule has 0 unspecified atom stereocenters. The molecule has 3 amide bonds. The van der Waals surface area contributed by atoms with Gasteiger partial charge in [0.25, 0.3) is 5.91 Å². The van der Waals surface area contributed by atoms with Crippen LogP contribution in [0.15, 0.2) is 72.8 Å². The maximum absolute atomic E-state index is 14.1. The van der Waals surface area contributed by atoms with E-state index < -0.39 is 18.1 Å². The van der Waals surface area contributed by atoms with Crippen LogP contribution in [0.4, 0.5) is 0 Å². The Morgan fingerprint density at radius 2 is 1.77 bits per heavy atom. The first kappa shape index (κ1) is 26.1. The Kier molecular flexibility index (Phi) is 6.84. The molecule has 40 heavy (non-hydrogen) atoms. The van der Waals surface area contributed by atoms with Gasteiger partial charge in [-0.25, -0.2) is 0 Å². The van der Waals surface area contributed by atoms with E-state index >= 15 is 0 Å². The number of rotatable bonds is 7. The van der Waals surface area contributed by atoms with Gasteiger partial charge in [-0.15, -0.1) is 0 Å². The molecule has 3 aromatic carbocycles. The maximum Gasteiger partial charge on any atom is 0.255 e. The zero-order valence-electron chi connectivity index (χ0n) is 22.4. The SMILES string of the molecule is CC[C@H](C)[C@H](NC(=O)[C@@H]1Cc2c([nH]c3ccccc23)[C@H]2c3ccccc3C(=O)N21)C(=O)NCc1ccccc1Cl. The number of aromatic nitrogens is 1. The maximum atomic E-state index is 14.1. The van der Waals surface area contributed by atoms with Gasteiger partial charge in [0.1, 0.15) is 12.1 Å². The third kappa shape index (κ3) is 4.34. The Morgan fingerprint density at radius 1 is 1.05 bits per heavy atom. The Morgan fingerprint density at radius 3 is 2.58 bits per heavy atom. The molecule has 6 rings (SSSR count). The van der Waals surface area contributed by atoms with E-state index in [4.69, 9.17) is 11.6 Å². The van der Waals surface area contributed by atoms with Crippen molar-refractivity contribution in [1.82, 2.24) is 20.5 Å². The van der Waals surface area contributed by atoms with Gasteiger partial charge in [0, 0.05) is 40.1 Å². The van der Waals surface area contributed by atoms with Crippen molar-refractivity contribution >= 4 is 40.2 Å². The normalized spacial score (nSPS) is 19.0. The minimum absolute atomic E-state index is 0.121. The minimum atomic E-state index is -0.764. The highest BCUT2D eigenvalue weighted by atomic mass is 35.5. The van der Waals surface area contributed by atoms with Crippen LogP contribution in [-0.2, 0) is 22.6 Å². The lowest BCUT2D eigenvalue weighted by Crippen LogP contribution is -2.58. The zero-order valence-corrected chi connectivity index (χ0v) is 23.2. The average Bonchev–Trinajstić information content (AvgIpc) is 3.50. The van der Waals surface area contributed by atoms with E-state index in [0.29, 0.717) is 23.4 Å². The molecule has 4 atom stereocenters. The molecule has 204 valence electrons. The van der Waals surface area contributed by atoms with Crippen molar-refractivity contribution in [2.75, 3.05) is 0 Å². The number of amides is 3. The van der Waals surface area contributed by atoms with Crippen LogP contribution in [0.25, 0.3) is 10.9 Å². The van der Waals surface area contributed by atoms with Gasteiger partial charge in [-0.2, -0.15) is 0 Å². The van der Waals surface area contributed by atoms with Gasteiger partial charge in [-0.3, -0.25) is 14.4 Å². The number of carbonyl (C=O) groups excluding carboxylic acids is 3. The third-order valence-electron chi connectivity index (χ3n) is 8.36. The summed E-state index contributed by atoms with van der Waals surface area (Å²) in [4.78, 5) is 46.4. The number of aromatic amines is 1. The molecule has 8 heteroatoms. The minimum Gasteiger partial charge on any atom is -0.356 e. The van der Waals surface area contributed by atoms with Gasteiger partial charge >= 0.3 is 0 Å². The second kappa shape index (κ2) is 10.5. The standard InChI is InChI=1S/C32H31ClN4O3/c1-3-18(2)27(31(39)34-17-19-10-4-8-14-24(19)33)36-30(38)26-16-23-20-11-7-9-15-25(20)35-28(23)29-21-12-5-6-13-22(21)32(40)37(26)29/h4-15,18,26-27,29,35H,3,16-17H2,1-2H3,(H,34,39)(H,36,38)/t18-,26-,27-,29+/m0/s1. The summed E-state index contributed by atoms with van der Waals surface area (Å²) in [5.41, 5.74) is 5.24. The number of hydrogen-bond donors (Lipinski definition) is 3. The summed E-state index contributed by atoms with van der Waals surface area (Å²) < 4.78 is 0.